The highest BCUT2D eigenvalue weighted by Gasteiger charge is 2.10. The van der Waals surface area contributed by atoms with E-state index in [2.05, 4.69) is 4.98 Å². The number of hydrogen-bond donors (Lipinski definition) is 0. The maximum absolute atomic E-state index is 12.3. The molecule has 4 nitrogen and oxygen atoms in total. The van der Waals surface area contributed by atoms with E-state index in [1.807, 2.05) is 51.4 Å². The van der Waals surface area contributed by atoms with Gasteiger partial charge in [0.15, 0.2) is 0 Å². The van der Waals surface area contributed by atoms with Gasteiger partial charge in [-0.05, 0) is 19.1 Å². The molecular weight excluding hydrogens is 214 g/mol. The van der Waals surface area contributed by atoms with Crippen LogP contribution in [0.25, 0.3) is 5.69 Å². The minimum atomic E-state index is -0.0475. The number of aromatic nitrogens is 2. The molecule has 0 bridgehead atoms. The Kier molecular flexibility index (Phi) is 2.95. The zero-order valence-corrected chi connectivity index (χ0v) is 10.2. The molecule has 0 amide bonds. The minimum Gasteiger partial charge on any atom is -0.372 e. The molecular formula is C13H15N3O. The summed E-state index contributed by atoms with van der Waals surface area (Å²) in [6.45, 7) is 1.84. The highest BCUT2D eigenvalue weighted by molar-refractivity contribution is 5.48. The van der Waals surface area contributed by atoms with Crippen LogP contribution in [0.15, 0.2) is 41.5 Å². The number of hydrogen-bond acceptors (Lipinski definition) is 3. The SMILES string of the molecule is Cc1ncn(-c2ccccc2)c(=O)c1N(C)C. The van der Waals surface area contributed by atoms with E-state index < -0.39 is 0 Å². The van der Waals surface area contributed by atoms with Crippen LogP contribution in [-0.2, 0) is 0 Å². The van der Waals surface area contributed by atoms with Crippen LogP contribution in [0.2, 0.25) is 0 Å². The summed E-state index contributed by atoms with van der Waals surface area (Å²) in [6.07, 6.45) is 1.57. The van der Waals surface area contributed by atoms with Gasteiger partial charge in [-0.25, -0.2) is 4.98 Å². The summed E-state index contributed by atoms with van der Waals surface area (Å²) in [5.74, 6) is 0. The Labute approximate surface area is 100 Å². The molecule has 17 heavy (non-hydrogen) atoms. The van der Waals surface area contributed by atoms with Gasteiger partial charge in [-0.3, -0.25) is 9.36 Å². The minimum absolute atomic E-state index is 0.0475. The number of benzene rings is 1. The van der Waals surface area contributed by atoms with Gasteiger partial charge in [-0.1, -0.05) is 18.2 Å². The number of anilines is 1. The van der Waals surface area contributed by atoms with Gasteiger partial charge in [0, 0.05) is 14.1 Å². The van der Waals surface area contributed by atoms with E-state index in [0.717, 1.165) is 11.4 Å². The molecule has 0 aliphatic rings. The van der Waals surface area contributed by atoms with Crippen LogP contribution in [0.3, 0.4) is 0 Å². The van der Waals surface area contributed by atoms with Gasteiger partial charge >= 0.3 is 0 Å². The number of nitrogens with zero attached hydrogens (tertiary/aromatic N) is 3. The fourth-order valence-electron chi connectivity index (χ4n) is 1.81. The van der Waals surface area contributed by atoms with Crippen molar-refractivity contribution in [3.63, 3.8) is 0 Å². The molecule has 0 aliphatic heterocycles. The van der Waals surface area contributed by atoms with Gasteiger partial charge in [0.1, 0.15) is 12.0 Å². The molecule has 4 heteroatoms. The molecule has 0 aliphatic carbocycles. The zero-order valence-electron chi connectivity index (χ0n) is 10.2. The lowest BCUT2D eigenvalue weighted by Crippen LogP contribution is -2.28. The Balaban J connectivity index is 2.66. The third-order valence-corrected chi connectivity index (χ3v) is 2.61. The first-order valence-corrected chi connectivity index (χ1v) is 5.42. The molecule has 2 aromatic rings. The molecule has 88 valence electrons. The lowest BCUT2D eigenvalue weighted by molar-refractivity contribution is 0.895. The third-order valence-electron chi connectivity index (χ3n) is 2.61. The molecule has 1 aromatic heterocycles. The Bertz CT molecular complexity index is 573. The predicted molar refractivity (Wildman–Crippen MR) is 68.9 cm³/mol. The smallest absolute Gasteiger partial charge is 0.281 e. The van der Waals surface area contributed by atoms with Crippen LogP contribution in [-0.4, -0.2) is 23.6 Å². The van der Waals surface area contributed by atoms with Crippen molar-refractivity contribution >= 4 is 5.69 Å². The lowest BCUT2D eigenvalue weighted by Gasteiger charge is -2.15. The lowest BCUT2D eigenvalue weighted by atomic mass is 10.3. The van der Waals surface area contributed by atoms with Crippen molar-refractivity contribution in [3.8, 4) is 5.69 Å². The summed E-state index contributed by atoms with van der Waals surface area (Å²) in [5, 5.41) is 0. The van der Waals surface area contributed by atoms with Crippen LogP contribution in [0, 0.1) is 6.92 Å². The predicted octanol–water partition coefficient (Wildman–Crippen LogP) is 1.61. The van der Waals surface area contributed by atoms with E-state index in [-0.39, 0.29) is 5.56 Å². The van der Waals surface area contributed by atoms with Gasteiger partial charge < -0.3 is 4.90 Å². The molecule has 0 atom stereocenters. The Morgan fingerprint density at radius 1 is 1.18 bits per heavy atom. The third kappa shape index (κ3) is 2.06. The molecule has 2 rings (SSSR count). The van der Waals surface area contributed by atoms with Crippen LogP contribution in [0.4, 0.5) is 5.69 Å². The Hall–Kier alpha value is -2.10. The molecule has 1 aromatic carbocycles. The van der Waals surface area contributed by atoms with E-state index in [1.54, 1.807) is 15.8 Å². The summed E-state index contributed by atoms with van der Waals surface area (Å²) in [7, 11) is 3.70. The number of para-hydroxylation sites is 1. The second-order valence-corrected chi connectivity index (χ2v) is 4.08. The quantitative estimate of drug-likeness (QED) is 0.785. The van der Waals surface area contributed by atoms with Crippen molar-refractivity contribution in [2.75, 3.05) is 19.0 Å². The normalized spacial score (nSPS) is 10.3. The van der Waals surface area contributed by atoms with Crippen molar-refractivity contribution in [3.05, 3.63) is 52.7 Å². The molecule has 0 N–H and O–H groups in total. The van der Waals surface area contributed by atoms with Gasteiger partial charge in [0.25, 0.3) is 5.56 Å². The van der Waals surface area contributed by atoms with Crippen molar-refractivity contribution in [2.45, 2.75) is 6.92 Å². The zero-order chi connectivity index (χ0) is 12.4. The van der Waals surface area contributed by atoms with Crippen LogP contribution in [0.5, 0.6) is 0 Å². The van der Waals surface area contributed by atoms with Gasteiger partial charge in [0.2, 0.25) is 0 Å². The van der Waals surface area contributed by atoms with Crippen LogP contribution in [0.1, 0.15) is 5.69 Å². The largest absolute Gasteiger partial charge is 0.372 e. The molecule has 0 radical (unpaired) electrons. The number of rotatable bonds is 2. The fourth-order valence-corrected chi connectivity index (χ4v) is 1.81. The highest BCUT2D eigenvalue weighted by atomic mass is 16.1. The molecule has 0 unspecified atom stereocenters. The van der Waals surface area contributed by atoms with Gasteiger partial charge in [-0.2, -0.15) is 0 Å². The summed E-state index contributed by atoms with van der Waals surface area (Å²) in [4.78, 5) is 18.4. The maximum Gasteiger partial charge on any atom is 0.281 e. The molecule has 0 fully saturated rings. The van der Waals surface area contributed by atoms with Crippen molar-refractivity contribution < 1.29 is 0 Å². The molecule has 0 spiro atoms. The first-order valence-electron chi connectivity index (χ1n) is 5.42. The van der Waals surface area contributed by atoms with Crippen molar-refractivity contribution in [2.24, 2.45) is 0 Å². The van der Waals surface area contributed by atoms with E-state index in [4.69, 9.17) is 0 Å². The molecule has 1 heterocycles. The summed E-state index contributed by atoms with van der Waals surface area (Å²) < 4.78 is 1.56. The van der Waals surface area contributed by atoms with Crippen LogP contribution >= 0.6 is 0 Å². The van der Waals surface area contributed by atoms with E-state index >= 15 is 0 Å². The van der Waals surface area contributed by atoms with Gasteiger partial charge in [0.05, 0.1) is 11.4 Å². The fraction of sp³-hybridized carbons (Fsp3) is 0.231. The Morgan fingerprint density at radius 3 is 2.41 bits per heavy atom. The van der Waals surface area contributed by atoms with E-state index in [0.29, 0.717) is 5.69 Å². The van der Waals surface area contributed by atoms with E-state index in [9.17, 15) is 4.79 Å². The van der Waals surface area contributed by atoms with E-state index in [1.165, 1.54) is 0 Å². The first-order chi connectivity index (χ1) is 8.11. The molecule has 0 saturated heterocycles. The van der Waals surface area contributed by atoms with Crippen molar-refractivity contribution in [1.82, 2.24) is 9.55 Å². The average Bonchev–Trinajstić information content (AvgIpc) is 2.30. The standard InChI is InChI=1S/C13H15N3O/c1-10-12(15(2)3)13(17)16(9-14-10)11-7-5-4-6-8-11/h4-9H,1-3H3. The second kappa shape index (κ2) is 4.41. The highest BCUT2D eigenvalue weighted by Crippen LogP contribution is 2.11. The van der Waals surface area contributed by atoms with Gasteiger partial charge in [-0.15, -0.1) is 0 Å². The maximum atomic E-state index is 12.3. The average molecular weight is 229 g/mol. The summed E-state index contributed by atoms with van der Waals surface area (Å²) >= 11 is 0. The molecule has 0 saturated carbocycles. The monoisotopic (exact) mass is 229 g/mol. The van der Waals surface area contributed by atoms with Crippen molar-refractivity contribution in [1.29, 1.82) is 0 Å². The summed E-state index contributed by atoms with van der Waals surface area (Å²) in [5.41, 5.74) is 2.14. The summed E-state index contributed by atoms with van der Waals surface area (Å²) in [6, 6.07) is 9.49. The Morgan fingerprint density at radius 2 is 1.82 bits per heavy atom. The topological polar surface area (TPSA) is 38.1 Å². The number of aryl methyl sites for hydroxylation is 1. The van der Waals surface area contributed by atoms with Crippen LogP contribution < -0.4 is 10.5 Å². The first kappa shape index (κ1) is 11.4. The second-order valence-electron chi connectivity index (χ2n) is 4.08.